The number of pyridine rings is 1. The molecular formula is C26H23FN6O. The summed E-state index contributed by atoms with van der Waals surface area (Å²) in [5.41, 5.74) is 12.1. The van der Waals surface area contributed by atoms with Crippen molar-refractivity contribution in [2.24, 2.45) is 5.73 Å². The molecule has 7 nitrogen and oxygen atoms in total. The molecule has 0 fully saturated rings. The summed E-state index contributed by atoms with van der Waals surface area (Å²) in [5.74, 6) is 0.492. The number of ether oxygens (including phenoxy) is 1. The molecule has 3 heterocycles. The first kappa shape index (κ1) is 21.7. The maximum Gasteiger partial charge on any atom is 0.165 e. The fourth-order valence-electron chi connectivity index (χ4n) is 3.82. The molecule has 0 aliphatic heterocycles. The molecular weight excluding hydrogens is 431 g/mol. The molecule has 0 aliphatic rings. The smallest absolute Gasteiger partial charge is 0.165 e. The Morgan fingerprint density at radius 2 is 1.82 bits per heavy atom. The number of hydrogen-bond donors (Lipinski definition) is 2. The molecule has 5 aromatic rings. The molecule has 3 N–H and O–H groups in total. The van der Waals surface area contributed by atoms with Gasteiger partial charge in [-0.25, -0.2) is 9.37 Å². The van der Waals surface area contributed by atoms with Crippen LogP contribution in [-0.2, 0) is 6.42 Å². The molecule has 0 amide bonds. The Labute approximate surface area is 195 Å². The number of nitrogens with zero attached hydrogens (tertiary/aromatic N) is 4. The van der Waals surface area contributed by atoms with Crippen molar-refractivity contribution in [1.29, 1.82) is 0 Å². The van der Waals surface area contributed by atoms with Crippen LogP contribution in [0.25, 0.3) is 33.7 Å². The minimum Gasteiger partial charge on any atom is -0.489 e. The predicted octanol–water partition coefficient (Wildman–Crippen LogP) is 4.46. The number of imidazole rings is 1. The van der Waals surface area contributed by atoms with Crippen molar-refractivity contribution in [3.63, 3.8) is 0 Å². The van der Waals surface area contributed by atoms with Gasteiger partial charge >= 0.3 is 0 Å². The Balaban J connectivity index is 1.57. The number of aryl methyl sites for hydroxylation is 1. The van der Waals surface area contributed by atoms with Crippen molar-refractivity contribution < 1.29 is 9.13 Å². The Morgan fingerprint density at radius 1 is 0.971 bits per heavy atom. The van der Waals surface area contributed by atoms with Crippen LogP contribution in [0, 0.1) is 12.7 Å². The standard InChI is InChI=1S/C26H23FN6O/c1-16-3-2-4-21(31-16)26-25(18-6-8-20-22(15-18)30-11-10-29-20)32-24(33-26)14-17-5-7-19(27)23(13-17)34-12-9-28/h2-8,10-11,13,15H,9,12,14,28H2,1H3,(H,32,33). The average Bonchev–Trinajstić information content (AvgIpc) is 3.28. The van der Waals surface area contributed by atoms with E-state index in [1.54, 1.807) is 24.5 Å². The average molecular weight is 455 g/mol. The van der Waals surface area contributed by atoms with Gasteiger partial charge in [-0.1, -0.05) is 18.2 Å². The number of halogens is 1. The normalized spacial score (nSPS) is 11.1. The van der Waals surface area contributed by atoms with Crippen molar-refractivity contribution in [3.05, 3.63) is 89.9 Å². The molecule has 0 atom stereocenters. The van der Waals surface area contributed by atoms with Gasteiger partial charge < -0.3 is 15.5 Å². The van der Waals surface area contributed by atoms with E-state index in [1.165, 1.54) is 6.07 Å². The van der Waals surface area contributed by atoms with Gasteiger partial charge in [-0.3, -0.25) is 15.0 Å². The Morgan fingerprint density at radius 3 is 2.65 bits per heavy atom. The Bertz CT molecular complexity index is 1470. The monoisotopic (exact) mass is 454 g/mol. The molecule has 2 aromatic carbocycles. The second kappa shape index (κ2) is 9.36. The summed E-state index contributed by atoms with van der Waals surface area (Å²) < 4.78 is 19.5. The van der Waals surface area contributed by atoms with E-state index in [2.05, 4.69) is 15.0 Å². The third kappa shape index (κ3) is 4.49. The minimum absolute atomic E-state index is 0.184. The van der Waals surface area contributed by atoms with Crippen molar-refractivity contribution in [1.82, 2.24) is 24.9 Å². The third-order valence-corrected chi connectivity index (χ3v) is 5.38. The lowest BCUT2D eigenvalue weighted by molar-refractivity contribution is 0.311. The highest BCUT2D eigenvalue weighted by molar-refractivity contribution is 5.84. The number of rotatable bonds is 7. The van der Waals surface area contributed by atoms with Gasteiger partial charge in [-0.2, -0.15) is 0 Å². The summed E-state index contributed by atoms with van der Waals surface area (Å²) in [7, 11) is 0. The number of fused-ring (bicyclic) bond motifs is 1. The van der Waals surface area contributed by atoms with E-state index >= 15 is 0 Å². The van der Waals surface area contributed by atoms with Crippen LogP contribution in [-0.4, -0.2) is 38.1 Å². The van der Waals surface area contributed by atoms with E-state index in [1.807, 2.05) is 43.3 Å². The number of benzene rings is 2. The molecule has 170 valence electrons. The SMILES string of the molecule is Cc1cccc(-c2[nH]c(Cc3ccc(F)c(OCCN)c3)nc2-c2ccc3nccnc3c2)n1. The lowest BCUT2D eigenvalue weighted by atomic mass is 10.1. The lowest BCUT2D eigenvalue weighted by Crippen LogP contribution is -2.11. The van der Waals surface area contributed by atoms with E-state index in [0.717, 1.165) is 50.8 Å². The molecule has 5 rings (SSSR count). The van der Waals surface area contributed by atoms with Crippen LogP contribution < -0.4 is 10.5 Å². The summed E-state index contributed by atoms with van der Waals surface area (Å²) >= 11 is 0. The first-order valence-electron chi connectivity index (χ1n) is 11.0. The molecule has 0 radical (unpaired) electrons. The summed E-state index contributed by atoms with van der Waals surface area (Å²) in [5, 5.41) is 0. The van der Waals surface area contributed by atoms with Crippen LogP contribution in [0.4, 0.5) is 4.39 Å². The summed E-state index contributed by atoms with van der Waals surface area (Å²) in [4.78, 5) is 21.8. The first-order valence-corrected chi connectivity index (χ1v) is 11.0. The number of aromatic amines is 1. The zero-order chi connectivity index (χ0) is 23.5. The fraction of sp³-hybridized carbons (Fsp3) is 0.154. The van der Waals surface area contributed by atoms with Gasteiger partial charge in [0, 0.05) is 36.6 Å². The fourth-order valence-corrected chi connectivity index (χ4v) is 3.82. The van der Waals surface area contributed by atoms with Crippen LogP contribution in [0.2, 0.25) is 0 Å². The van der Waals surface area contributed by atoms with E-state index in [9.17, 15) is 4.39 Å². The number of nitrogens with two attached hydrogens (primary N) is 1. The molecule has 0 aliphatic carbocycles. The van der Waals surface area contributed by atoms with Crippen LogP contribution in [0.5, 0.6) is 5.75 Å². The molecule has 3 aromatic heterocycles. The van der Waals surface area contributed by atoms with E-state index in [0.29, 0.717) is 13.0 Å². The molecule has 0 bridgehead atoms. The predicted molar refractivity (Wildman–Crippen MR) is 129 cm³/mol. The van der Waals surface area contributed by atoms with E-state index < -0.39 is 5.82 Å². The topological polar surface area (TPSA) is 103 Å². The van der Waals surface area contributed by atoms with Gasteiger partial charge in [-0.05, 0) is 48.9 Å². The second-order valence-corrected chi connectivity index (χ2v) is 7.91. The molecule has 0 spiro atoms. The first-order chi connectivity index (χ1) is 16.6. The van der Waals surface area contributed by atoms with Crippen molar-refractivity contribution in [2.45, 2.75) is 13.3 Å². The second-order valence-electron chi connectivity index (χ2n) is 7.91. The number of nitrogens with one attached hydrogen (secondary N) is 1. The zero-order valence-electron chi connectivity index (χ0n) is 18.6. The van der Waals surface area contributed by atoms with Gasteiger partial charge in [-0.15, -0.1) is 0 Å². The summed E-state index contributed by atoms with van der Waals surface area (Å²) in [6.07, 6.45) is 3.81. The van der Waals surface area contributed by atoms with Gasteiger partial charge in [0.05, 0.1) is 28.1 Å². The largest absolute Gasteiger partial charge is 0.489 e. The highest BCUT2D eigenvalue weighted by atomic mass is 19.1. The molecule has 0 unspecified atom stereocenters. The third-order valence-electron chi connectivity index (χ3n) is 5.38. The zero-order valence-corrected chi connectivity index (χ0v) is 18.6. The van der Waals surface area contributed by atoms with Gasteiger partial charge in [0.1, 0.15) is 12.4 Å². The molecule has 8 heteroatoms. The highest BCUT2D eigenvalue weighted by Crippen LogP contribution is 2.31. The lowest BCUT2D eigenvalue weighted by Gasteiger charge is -2.07. The van der Waals surface area contributed by atoms with Crippen molar-refractivity contribution in [2.75, 3.05) is 13.2 Å². The number of H-pyrrole nitrogens is 1. The van der Waals surface area contributed by atoms with E-state index in [-0.39, 0.29) is 12.4 Å². The van der Waals surface area contributed by atoms with Crippen LogP contribution in [0.3, 0.4) is 0 Å². The summed E-state index contributed by atoms with van der Waals surface area (Å²) in [6.45, 7) is 2.51. The van der Waals surface area contributed by atoms with Crippen LogP contribution in [0.1, 0.15) is 17.1 Å². The number of hydrogen-bond acceptors (Lipinski definition) is 6. The quantitative estimate of drug-likeness (QED) is 0.376. The minimum atomic E-state index is -0.417. The van der Waals surface area contributed by atoms with Crippen molar-refractivity contribution in [3.8, 4) is 28.4 Å². The summed E-state index contributed by atoms with van der Waals surface area (Å²) in [6, 6.07) is 16.6. The Hall–Kier alpha value is -4.17. The highest BCUT2D eigenvalue weighted by Gasteiger charge is 2.17. The maximum absolute atomic E-state index is 14.1. The van der Waals surface area contributed by atoms with Gasteiger partial charge in [0.25, 0.3) is 0 Å². The molecule has 0 saturated heterocycles. The van der Waals surface area contributed by atoms with Crippen LogP contribution in [0.15, 0.2) is 67.0 Å². The Kier molecular flexibility index (Phi) is 5.97. The van der Waals surface area contributed by atoms with Crippen LogP contribution >= 0.6 is 0 Å². The number of aromatic nitrogens is 5. The van der Waals surface area contributed by atoms with Crippen molar-refractivity contribution >= 4 is 11.0 Å². The maximum atomic E-state index is 14.1. The van der Waals surface area contributed by atoms with E-state index in [4.69, 9.17) is 20.4 Å². The molecule has 0 saturated carbocycles. The van der Waals surface area contributed by atoms with Gasteiger partial charge in [0.15, 0.2) is 11.6 Å². The molecule has 34 heavy (non-hydrogen) atoms. The van der Waals surface area contributed by atoms with Gasteiger partial charge in [0.2, 0.25) is 0 Å².